The topological polar surface area (TPSA) is 39.3 Å². The number of amides is 1. The van der Waals surface area contributed by atoms with E-state index in [1.807, 2.05) is 4.90 Å². The highest BCUT2D eigenvalue weighted by Crippen LogP contribution is 2.31. The summed E-state index contributed by atoms with van der Waals surface area (Å²) < 4.78 is 5.23. The lowest BCUT2D eigenvalue weighted by atomic mass is 9.85. The van der Waals surface area contributed by atoms with Crippen LogP contribution >= 0.6 is 0 Å². The van der Waals surface area contributed by atoms with Crippen LogP contribution in [0.5, 0.6) is 0 Å². The molecule has 170 valence electrons. The summed E-state index contributed by atoms with van der Waals surface area (Å²) in [6, 6.07) is 0.686. The standard InChI is InChI=1S/C23H46N4O2/c1-20(28)25-14-16-27(17-15-25)23(4,5)11-10-22(2,3)26-12-8-21(9-13-26)24(6)18-19-29-7/h21H,8-19H2,1-7H3. The molecule has 2 heterocycles. The third kappa shape index (κ3) is 6.91. The first-order chi connectivity index (χ1) is 13.6. The van der Waals surface area contributed by atoms with Crippen LogP contribution in [0.3, 0.4) is 0 Å². The Morgan fingerprint density at radius 3 is 1.86 bits per heavy atom. The Balaban J connectivity index is 1.79. The molecule has 0 aromatic carbocycles. The van der Waals surface area contributed by atoms with Gasteiger partial charge in [0.15, 0.2) is 0 Å². The summed E-state index contributed by atoms with van der Waals surface area (Å²) in [5, 5.41) is 0. The zero-order chi connectivity index (χ0) is 21.7. The van der Waals surface area contributed by atoms with E-state index in [4.69, 9.17) is 4.74 Å². The maximum atomic E-state index is 11.6. The van der Waals surface area contributed by atoms with E-state index in [0.29, 0.717) is 6.04 Å². The van der Waals surface area contributed by atoms with Gasteiger partial charge >= 0.3 is 0 Å². The van der Waals surface area contributed by atoms with Crippen LogP contribution in [0.2, 0.25) is 0 Å². The van der Waals surface area contributed by atoms with Crippen molar-refractivity contribution in [1.29, 1.82) is 0 Å². The Morgan fingerprint density at radius 2 is 1.41 bits per heavy atom. The maximum absolute atomic E-state index is 11.6. The van der Waals surface area contributed by atoms with E-state index in [9.17, 15) is 4.79 Å². The van der Waals surface area contributed by atoms with Crippen molar-refractivity contribution in [3.05, 3.63) is 0 Å². The summed E-state index contributed by atoms with van der Waals surface area (Å²) in [6.07, 6.45) is 4.89. The molecular formula is C23H46N4O2. The third-order valence-electron chi connectivity index (χ3n) is 7.52. The van der Waals surface area contributed by atoms with E-state index in [2.05, 4.69) is 49.4 Å². The molecule has 0 aromatic heterocycles. The van der Waals surface area contributed by atoms with Crippen LogP contribution in [0.15, 0.2) is 0 Å². The number of piperidine rings is 1. The van der Waals surface area contributed by atoms with Crippen LogP contribution < -0.4 is 0 Å². The highest BCUT2D eigenvalue weighted by molar-refractivity contribution is 5.73. The summed E-state index contributed by atoms with van der Waals surface area (Å²) in [5.41, 5.74) is 0.410. The van der Waals surface area contributed by atoms with E-state index >= 15 is 0 Å². The first-order valence-corrected chi connectivity index (χ1v) is 11.5. The summed E-state index contributed by atoms with van der Waals surface area (Å²) in [5.74, 6) is 0.208. The van der Waals surface area contributed by atoms with Gasteiger partial charge in [-0.05, 0) is 60.4 Å². The molecule has 0 N–H and O–H groups in total. The lowest BCUT2D eigenvalue weighted by molar-refractivity contribution is -0.131. The highest BCUT2D eigenvalue weighted by atomic mass is 16.5. The average molecular weight is 411 g/mol. The molecule has 6 heteroatoms. The quantitative estimate of drug-likeness (QED) is 0.584. The fourth-order valence-electron chi connectivity index (χ4n) is 4.88. The summed E-state index contributed by atoms with van der Waals surface area (Å²) >= 11 is 0. The van der Waals surface area contributed by atoms with Gasteiger partial charge in [-0.1, -0.05) is 0 Å². The van der Waals surface area contributed by atoms with E-state index in [-0.39, 0.29) is 17.0 Å². The van der Waals surface area contributed by atoms with Crippen molar-refractivity contribution in [3.8, 4) is 0 Å². The lowest BCUT2D eigenvalue weighted by Gasteiger charge is -2.48. The maximum Gasteiger partial charge on any atom is 0.219 e. The number of ether oxygens (including phenoxy) is 1. The first kappa shape index (κ1) is 24.6. The van der Waals surface area contributed by atoms with Gasteiger partial charge in [-0.15, -0.1) is 0 Å². The van der Waals surface area contributed by atoms with Gasteiger partial charge in [0.2, 0.25) is 5.91 Å². The van der Waals surface area contributed by atoms with Crippen molar-refractivity contribution in [2.75, 3.05) is 66.6 Å². The van der Waals surface area contributed by atoms with E-state index < -0.39 is 0 Å². The Hall–Kier alpha value is -0.690. The second-order valence-corrected chi connectivity index (χ2v) is 10.3. The minimum absolute atomic E-state index is 0.179. The largest absolute Gasteiger partial charge is 0.383 e. The summed E-state index contributed by atoms with van der Waals surface area (Å²) in [7, 11) is 4.02. The van der Waals surface area contributed by atoms with Crippen LogP contribution in [-0.4, -0.2) is 109 Å². The van der Waals surface area contributed by atoms with Crippen LogP contribution in [0.25, 0.3) is 0 Å². The van der Waals surface area contributed by atoms with E-state index in [0.717, 1.165) is 39.3 Å². The fraction of sp³-hybridized carbons (Fsp3) is 0.957. The molecule has 29 heavy (non-hydrogen) atoms. The van der Waals surface area contributed by atoms with Crippen molar-refractivity contribution in [3.63, 3.8) is 0 Å². The zero-order valence-electron chi connectivity index (χ0n) is 20.2. The van der Waals surface area contributed by atoms with E-state index in [1.54, 1.807) is 14.0 Å². The predicted molar refractivity (Wildman–Crippen MR) is 120 cm³/mol. The van der Waals surface area contributed by atoms with Gasteiger partial charge in [-0.25, -0.2) is 0 Å². The molecule has 0 saturated carbocycles. The number of carbonyl (C=O) groups excluding carboxylic acids is 1. The van der Waals surface area contributed by atoms with Crippen LogP contribution in [-0.2, 0) is 9.53 Å². The molecule has 0 aliphatic carbocycles. The second-order valence-electron chi connectivity index (χ2n) is 10.3. The average Bonchev–Trinajstić information content (AvgIpc) is 2.71. The van der Waals surface area contributed by atoms with Crippen molar-refractivity contribution in [2.24, 2.45) is 0 Å². The molecule has 0 bridgehead atoms. The van der Waals surface area contributed by atoms with Crippen LogP contribution in [0.1, 0.15) is 60.3 Å². The number of hydrogen-bond donors (Lipinski definition) is 0. The van der Waals surface area contributed by atoms with Gasteiger partial charge in [0.1, 0.15) is 0 Å². The number of rotatable bonds is 9. The molecule has 2 aliphatic rings. The number of hydrogen-bond acceptors (Lipinski definition) is 5. The zero-order valence-corrected chi connectivity index (χ0v) is 20.2. The molecule has 0 atom stereocenters. The number of likely N-dealkylation sites (N-methyl/N-ethyl adjacent to an activating group) is 1. The Kier molecular flexibility index (Phi) is 8.95. The molecule has 1 amide bonds. The van der Waals surface area contributed by atoms with Crippen molar-refractivity contribution < 1.29 is 9.53 Å². The van der Waals surface area contributed by atoms with Crippen molar-refractivity contribution in [1.82, 2.24) is 19.6 Å². The van der Waals surface area contributed by atoms with Crippen LogP contribution in [0, 0.1) is 0 Å². The molecule has 0 aromatic rings. The van der Waals surface area contributed by atoms with Gasteiger partial charge in [-0.3, -0.25) is 14.6 Å². The lowest BCUT2D eigenvalue weighted by Crippen LogP contribution is -2.56. The molecule has 0 radical (unpaired) electrons. The van der Waals surface area contributed by atoms with Gasteiger partial charge in [-0.2, -0.15) is 0 Å². The molecule has 2 aliphatic heterocycles. The van der Waals surface area contributed by atoms with Crippen LogP contribution in [0.4, 0.5) is 0 Å². The van der Waals surface area contributed by atoms with Gasteiger partial charge in [0, 0.05) is 77.0 Å². The molecule has 6 nitrogen and oxygen atoms in total. The molecule has 2 saturated heterocycles. The summed E-state index contributed by atoms with van der Waals surface area (Å²) in [6.45, 7) is 19.2. The number of piperazine rings is 1. The van der Waals surface area contributed by atoms with Crippen molar-refractivity contribution in [2.45, 2.75) is 77.4 Å². The third-order valence-corrected chi connectivity index (χ3v) is 7.52. The van der Waals surface area contributed by atoms with Gasteiger partial charge in [0.25, 0.3) is 0 Å². The molecule has 2 rings (SSSR count). The minimum atomic E-state index is 0.179. The normalized spacial score (nSPS) is 21.2. The molecule has 0 unspecified atom stereocenters. The smallest absolute Gasteiger partial charge is 0.219 e. The SMILES string of the molecule is COCCN(C)C1CCN(C(C)(C)CCC(C)(C)N2CCN(C(C)=O)CC2)CC1. The van der Waals surface area contributed by atoms with Gasteiger partial charge in [0.05, 0.1) is 6.61 Å². The first-order valence-electron chi connectivity index (χ1n) is 11.5. The second kappa shape index (κ2) is 10.6. The minimum Gasteiger partial charge on any atom is -0.383 e. The highest BCUT2D eigenvalue weighted by Gasteiger charge is 2.36. The molecule has 2 fully saturated rings. The molecule has 0 spiro atoms. The Morgan fingerprint density at radius 1 is 0.931 bits per heavy atom. The number of methoxy groups -OCH3 is 1. The van der Waals surface area contributed by atoms with E-state index in [1.165, 1.54) is 38.8 Å². The fourth-order valence-corrected chi connectivity index (χ4v) is 4.88. The summed E-state index contributed by atoms with van der Waals surface area (Å²) in [4.78, 5) is 21.3. The number of nitrogens with zero attached hydrogens (tertiary/aromatic N) is 4. The van der Waals surface area contributed by atoms with Gasteiger partial charge < -0.3 is 14.5 Å². The number of likely N-dealkylation sites (tertiary alicyclic amines) is 1. The number of carbonyl (C=O) groups is 1. The Labute approximate surface area is 179 Å². The Bertz CT molecular complexity index is 507. The monoisotopic (exact) mass is 410 g/mol. The predicted octanol–water partition coefficient (Wildman–Crippen LogP) is 2.53. The molecular weight excluding hydrogens is 364 g/mol. The van der Waals surface area contributed by atoms with Crippen molar-refractivity contribution >= 4 is 5.91 Å².